The number of carbonyl (C=O) groups is 1. The van der Waals surface area contributed by atoms with Crippen molar-refractivity contribution in [2.45, 2.75) is 43.5 Å². The molecular formula is C21H22ClN3O2S. The summed E-state index contributed by atoms with van der Waals surface area (Å²) in [7, 11) is 0. The Morgan fingerprint density at radius 3 is 2.50 bits per heavy atom. The lowest BCUT2D eigenvalue weighted by atomic mass is 9.98. The fraction of sp³-hybridized carbons (Fsp3) is 0.286. The molecule has 2 aromatic carbocycles. The molecule has 0 aliphatic heterocycles. The molecule has 1 amide bonds. The summed E-state index contributed by atoms with van der Waals surface area (Å²) >= 11 is 7.22. The van der Waals surface area contributed by atoms with Crippen LogP contribution in [-0.4, -0.2) is 20.7 Å². The highest BCUT2D eigenvalue weighted by molar-refractivity contribution is 8.00. The van der Waals surface area contributed by atoms with Gasteiger partial charge in [0.05, 0.1) is 21.8 Å². The normalized spacial score (nSPS) is 13.4. The first-order valence-electron chi connectivity index (χ1n) is 9.10. The first-order chi connectivity index (χ1) is 13.3. The van der Waals surface area contributed by atoms with Crippen LogP contribution in [0.3, 0.4) is 0 Å². The Morgan fingerprint density at radius 1 is 1.21 bits per heavy atom. The predicted octanol–water partition coefficient (Wildman–Crippen LogP) is 4.52. The van der Waals surface area contributed by atoms with Gasteiger partial charge in [-0.15, -0.1) is 0 Å². The van der Waals surface area contributed by atoms with Crippen LogP contribution < -0.4 is 11.3 Å². The summed E-state index contributed by atoms with van der Waals surface area (Å²) in [6.45, 7) is 6.00. The van der Waals surface area contributed by atoms with Crippen LogP contribution in [0.15, 0.2) is 52.4 Å². The summed E-state index contributed by atoms with van der Waals surface area (Å²) in [5.74, 6) is -0.0320. The topological polar surface area (TPSA) is 78.0 Å². The van der Waals surface area contributed by atoms with Gasteiger partial charge in [0.25, 0.3) is 5.56 Å². The smallest absolute Gasteiger partial charge is 0.266 e. The molecule has 2 unspecified atom stereocenters. The number of amides is 1. The molecule has 1 heterocycles. The van der Waals surface area contributed by atoms with Gasteiger partial charge in [-0.25, -0.2) is 4.98 Å². The van der Waals surface area contributed by atoms with E-state index in [9.17, 15) is 9.59 Å². The van der Waals surface area contributed by atoms with E-state index in [0.29, 0.717) is 32.7 Å². The molecule has 3 rings (SSSR count). The van der Waals surface area contributed by atoms with Crippen molar-refractivity contribution < 1.29 is 4.79 Å². The number of halogens is 1. The fourth-order valence-electron chi connectivity index (χ4n) is 2.85. The molecule has 1 aromatic heterocycles. The minimum absolute atomic E-state index is 0.211. The third kappa shape index (κ3) is 4.08. The van der Waals surface area contributed by atoms with Crippen molar-refractivity contribution in [3.63, 3.8) is 0 Å². The Kier molecular flexibility index (Phi) is 6.10. The molecule has 28 heavy (non-hydrogen) atoms. The first kappa shape index (κ1) is 20.4. The highest BCUT2D eigenvalue weighted by atomic mass is 35.5. The standard InChI is InChI=1S/C21H22ClN3O2S/c1-4-12(2)14-5-8-16(9-6-14)25-20(27)17-10-7-15(22)11-18(17)24-21(25)28-13(3)19(23)26/h5-13H,4H2,1-3H3,(H2,23,26). The Bertz CT molecular complexity index is 1080. The number of thioether (sulfide) groups is 1. The number of fused-ring (bicyclic) bond motifs is 1. The summed E-state index contributed by atoms with van der Waals surface area (Å²) in [5, 5.41) is 0.831. The molecule has 0 aliphatic rings. The van der Waals surface area contributed by atoms with E-state index >= 15 is 0 Å². The predicted molar refractivity (Wildman–Crippen MR) is 116 cm³/mol. The molecule has 0 fully saturated rings. The maximum absolute atomic E-state index is 13.2. The van der Waals surface area contributed by atoms with Crippen LogP contribution in [0.25, 0.3) is 16.6 Å². The van der Waals surface area contributed by atoms with Crippen molar-refractivity contribution in [2.75, 3.05) is 0 Å². The zero-order valence-electron chi connectivity index (χ0n) is 16.0. The van der Waals surface area contributed by atoms with E-state index in [1.54, 1.807) is 25.1 Å². The summed E-state index contributed by atoms with van der Waals surface area (Å²) < 4.78 is 1.53. The van der Waals surface area contributed by atoms with E-state index in [1.807, 2.05) is 24.3 Å². The number of benzene rings is 2. The first-order valence-corrected chi connectivity index (χ1v) is 10.4. The highest BCUT2D eigenvalue weighted by Gasteiger charge is 2.19. The molecule has 2 atom stereocenters. The molecule has 7 heteroatoms. The Balaban J connectivity index is 2.21. The van der Waals surface area contributed by atoms with Crippen LogP contribution in [-0.2, 0) is 4.79 Å². The van der Waals surface area contributed by atoms with Crippen molar-refractivity contribution >= 4 is 40.2 Å². The minimum atomic E-state index is -0.533. The lowest BCUT2D eigenvalue weighted by molar-refractivity contribution is -0.117. The number of primary amides is 1. The number of nitrogens with two attached hydrogens (primary N) is 1. The number of rotatable bonds is 6. The molecule has 0 aliphatic carbocycles. The number of aromatic nitrogens is 2. The monoisotopic (exact) mass is 415 g/mol. The lowest BCUT2D eigenvalue weighted by Crippen LogP contribution is -2.26. The van der Waals surface area contributed by atoms with Crippen molar-refractivity contribution in [2.24, 2.45) is 5.73 Å². The van der Waals surface area contributed by atoms with Crippen molar-refractivity contribution in [3.05, 3.63) is 63.4 Å². The van der Waals surface area contributed by atoms with E-state index in [-0.39, 0.29) is 5.56 Å². The number of hydrogen-bond acceptors (Lipinski definition) is 4. The molecule has 3 aromatic rings. The molecule has 0 bridgehead atoms. The Labute approximate surface area is 172 Å². The van der Waals surface area contributed by atoms with Gasteiger partial charge < -0.3 is 5.73 Å². The average molecular weight is 416 g/mol. The summed E-state index contributed by atoms with van der Waals surface area (Å²) in [6.07, 6.45) is 1.04. The number of carbonyl (C=O) groups excluding carboxylic acids is 1. The number of hydrogen-bond donors (Lipinski definition) is 1. The van der Waals surface area contributed by atoms with Crippen molar-refractivity contribution in [1.29, 1.82) is 0 Å². The van der Waals surface area contributed by atoms with Gasteiger partial charge in [-0.1, -0.05) is 49.3 Å². The Hall–Kier alpha value is -2.31. The second kappa shape index (κ2) is 8.37. The van der Waals surface area contributed by atoms with Crippen LogP contribution >= 0.6 is 23.4 Å². The number of nitrogens with zero attached hydrogens (tertiary/aromatic N) is 2. The second-order valence-electron chi connectivity index (χ2n) is 6.76. The largest absolute Gasteiger partial charge is 0.369 e. The van der Waals surface area contributed by atoms with Crippen LogP contribution in [0.5, 0.6) is 0 Å². The third-order valence-corrected chi connectivity index (χ3v) is 6.12. The molecule has 2 N–H and O–H groups in total. The van der Waals surface area contributed by atoms with Crippen LogP contribution in [0.1, 0.15) is 38.7 Å². The summed E-state index contributed by atoms with van der Waals surface area (Å²) in [4.78, 5) is 29.4. The SMILES string of the molecule is CCC(C)c1ccc(-n2c(SC(C)C(N)=O)nc3cc(Cl)ccc3c2=O)cc1. The fourth-order valence-corrected chi connectivity index (χ4v) is 3.89. The zero-order valence-corrected chi connectivity index (χ0v) is 17.6. The van der Waals surface area contributed by atoms with E-state index in [4.69, 9.17) is 17.3 Å². The summed E-state index contributed by atoms with van der Waals surface area (Å²) in [6, 6.07) is 12.8. The Morgan fingerprint density at radius 2 is 1.89 bits per heavy atom. The average Bonchev–Trinajstić information content (AvgIpc) is 2.67. The molecule has 5 nitrogen and oxygen atoms in total. The van der Waals surface area contributed by atoms with Gasteiger partial charge in [0, 0.05) is 5.02 Å². The maximum atomic E-state index is 13.2. The van der Waals surface area contributed by atoms with Gasteiger partial charge in [0.1, 0.15) is 0 Å². The van der Waals surface area contributed by atoms with E-state index < -0.39 is 11.2 Å². The van der Waals surface area contributed by atoms with Gasteiger partial charge >= 0.3 is 0 Å². The van der Waals surface area contributed by atoms with Crippen molar-refractivity contribution in [3.8, 4) is 5.69 Å². The molecule has 0 saturated carbocycles. The molecule has 0 saturated heterocycles. The van der Waals surface area contributed by atoms with E-state index in [1.165, 1.54) is 10.1 Å². The summed E-state index contributed by atoms with van der Waals surface area (Å²) in [5.41, 5.74) is 7.60. The molecular weight excluding hydrogens is 394 g/mol. The highest BCUT2D eigenvalue weighted by Crippen LogP contribution is 2.27. The molecule has 0 spiro atoms. The van der Waals surface area contributed by atoms with Gasteiger partial charge in [0.15, 0.2) is 5.16 Å². The van der Waals surface area contributed by atoms with E-state index in [2.05, 4.69) is 18.8 Å². The quantitative estimate of drug-likeness (QED) is 0.474. The maximum Gasteiger partial charge on any atom is 0.266 e. The van der Waals surface area contributed by atoms with Crippen LogP contribution in [0.4, 0.5) is 0 Å². The van der Waals surface area contributed by atoms with Crippen LogP contribution in [0.2, 0.25) is 5.02 Å². The molecule has 0 radical (unpaired) electrons. The van der Waals surface area contributed by atoms with Crippen LogP contribution in [0, 0.1) is 0 Å². The third-order valence-electron chi connectivity index (χ3n) is 4.82. The second-order valence-corrected chi connectivity index (χ2v) is 8.50. The van der Waals surface area contributed by atoms with Gasteiger partial charge in [-0.05, 0) is 55.2 Å². The van der Waals surface area contributed by atoms with Crippen molar-refractivity contribution in [1.82, 2.24) is 9.55 Å². The minimum Gasteiger partial charge on any atom is -0.369 e. The van der Waals surface area contributed by atoms with E-state index in [0.717, 1.165) is 18.2 Å². The zero-order chi connectivity index (χ0) is 20.4. The van der Waals surface area contributed by atoms with Gasteiger partial charge in [0.2, 0.25) is 5.91 Å². The lowest BCUT2D eigenvalue weighted by Gasteiger charge is -2.16. The van der Waals surface area contributed by atoms with Gasteiger partial charge in [-0.3, -0.25) is 14.2 Å². The van der Waals surface area contributed by atoms with Gasteiger partial charge in [-0.2, -0.15) is 0 Å². The molecule has 146 valence electrons.